The molecule has 2 N–H and O–H groups in total. The summed E-state index contributed by atoms with van der Waals surface area (Å²) in [7, 11) is 0. The van der Waals surface area contributed by atoms with Crippen molar-refractivity contribution < 1.29 is 4.39 Å². The topological polar surface area (TPSA) is 26.0 Å². The highest BCUT2D eigenvalue weighted by molar-refractivity contribution is 14.1. The van der Waals surface area contributed by atoms with Gasteiger partial charge in [-0.15, -0.1) is 0 Å². The van der Waals surface area contributed by atoms with Crippen LogP contribution in [0.5, 0.6) is 0 Å². The third kappa shape index (κ3) is 2.72. The minimum absolute atomic E-state index is 0.211. The summed E-state index contributed by atoms with van der Waals surface area (Å²) in [4.78, 5) is 0. The lowest BCUT2D eigenvalue weighted by Crippen LogP contribution is -2.13. The highest BCUT2D eigenvalue weighted by Gasteiger charge is 2.13. The van der Waals surface area contributed by atoms with Crippen LogP contribution >= 0.6 is 22.6 Å². The molecule has 0 heterocycles. The summed E-state index contributed by atoms with van der Waals surface area (Å²) in [5.41, 5.74) is 10.7. The fourth-order valence-corrected chi connectivity index (χ4v) is 2.70. The van der Waals surface area contributed by atoms with E-state index in [0.29, 0.717) is 0 Å². The van der Waals surface area contributed by atoms with E-state index in [-0.39, 0.29) is 11.9 Å². The van der Waals surface area contributed by atoms with Gasteiger partial charge in [0, 0.05) is 3.57 Å². The molecule has 0 aliphatic rings. The number of hydrogen-bond donors (Lipinski definition) is 1. The van der Waals surface area contributed by atoms with Crippen molar-refractivity contribution in [3.8, 4) is 0 Å². The van der Waals surface area contributed by atoms with Crippen LogP contribution in [0.4, 0.5) is 4.39 Å². The van der Waals surface area contributed by atoms with Gasteiger partial charge in [-0.25, -0.2) is 4.39 Å². The molecule has 0 bridgehead atoms. The maximum atomic E-state index is 13.1. The fraction of sp³-hybridized carbons (Fsp3) is 0.200. The Bertz CT molecular complexity index is 581. The van der Waals surface area contributed by atoms with E-state index in [2.05, 4.69) is 48.6 Å². The van der Waals surface area contributed by atoms with Crippen molar-refractivity contribution in [1.82, 2.24) is 0 Å². The van der Waals surface area contributed by atoms with Crippen LogP contribution in [0.2, 0.25) is 0 Å². The maximum absolute atomic E-state index is 13.1. The zero-order valence-electron chi connectivity index (χ0n) is 10.4. The largest absolute Gasteiger partial charge is 0.320 e. The molecule has 0 aliphatic heterocycles. The Hall–Kier alpha value is -0.940. The Balaban J connectivity index is 2.41. The minimum atomic E-state index is -0.226. The number of benzene rings is 2. The second-order valence-electron chi connectivity index (χ2n) is 4.49. The van der Waals surface area contributed by atoms with E-state index in [9.17, 15) is 4.39 Å². The van der Waals surface area contributed by atoms with Crippen LogP contribution in [0.15, 0.2) is 36.4 Å². The van der Waals surface area contributed by atoms with Crippen molar-refractivity contribution >= 4 is 22.6 Å². The average molecular weight is 355 g/mol. The quantitative estimate of drug-likeness (QED) is 0.807. The van der Waals surface area contributed by atoms with Gasteiger partial charge >= 0.3 is 0 Å². The first-order chi connectivity index (χ1) is 8.49. The molecule has 2 rings (SSSR count). The Morgan fingerprint density at radius 3 is 2.39 bits per heavy atom. The van der Waals surface area contributed by atoms with Gasteiger partial charge in [-0.2, -0.15) is 0 Å². The van der Waals surface area contributed by atoms with Gasteiger partial charge in [0.05, 0.1) is 6.04 Å². The van der Waals surface area contributed by atoms with Crippen molar-refractivity contribution in [2.75, 3.05) is 0 Å². The second kappa shape index (κ2) is 5.36. The molecule has 0 saturated carbocycles. The summed E-state index contributed by atoms with van der Waals surface area (Å²) in [5, 5.41) is 0. The molecule has 0 aromatic heterocycles. The Morgan fingerprint density at radius 2 is 1.78 bits per heavy atom. The van der Waals surface area contributed by atoms with Crippen molar-refractivity contribution in [3.05, 3.63) is 68.0 Å². The second-order valence-corrected chi connectivity index (χ2v) is 5.65. The van der Waals surface area contributed by atoms with Crippen molar-refractivity contribution in [2.24, 2.45) is 5.73 Å². The first-order valence-electron chi connectivity index (χ1n) is 5.76. The summed E-state index contributed by atoms with van der Waals surface area (Å²) in [5.74, 6) is -0.226. The molecule has 1 nitrogen and oxygen atoms in total. The van der Waals surface area contributed by atoms with E-state index < -0.39 is 0 Å². The average Bonchev–Trinajstić information content (AvgIpc) is 2.32. The monoisotopic (exact) mass is 355 g/mol. The summed E-state index contributed by atoms with van der Waals surface area (Å²) in [6.07, 6.45) is 0. The summed E-state index contributed by atoms with van der Waals surface area (Å²) >= 11 is 2.12. The lowest BCUT2D eigenvalue weighted by molar-refractivity contribution is 0.625. The van der Waals surface area contributed by atoms with Crippen LogP contribution in [0.1, 0.15) is 28.3 Å². The molecule has 0 spiro atoms. The first kappa shape index (κ1) is 13.5. The van der Waals surface area contributed by atoms with E-state index in [4.69, 9.17) is 5.73 Å². The predicted molar refractivity (Wildman–Crippen MR) is 81.1 cm³/mol. The van der Waals surface area contributed by atoms with E-state index >= 15 is 0 Å². The number of nitrogens with two attached hydrogens (primary N) is 1. The number of rotatable bonds is 2. The van der Waals surface area contributed by atoms with Gasteiger partial charge in [0.2, 0.25) is 0 Å². The molecule has 1 atom stereocenters. The van der Waals surface area contributed by atoms with Gasteiger partial charge in [0.1, 0.15) is 5.82 Å². The van der Waals surface area contributed by atoms with E-state index in [1.165, 1.54) is 23.3 Å². The molecule has 1 unspecified atom stereocenters. The Morgan fingerprint density at radius 1 is 1.06 bits per heavy atom. The van der Waals surface area contributed by atoms with Crippen LogP contribution in [0.25, 0.3) is 0 Å². The van der Waals surface area contributed by atoms with Crippen molar-refractivity contribution in [3.63, 3.8) is 0 Å². The SMILES string of the molecule is Cc1ccc(C(N)c2ccc(F)cc2I)cc1C. The third-order valence-corrected chi connectivity index (χ3v) is 4.12. The molecule has 0 saturated heterocycles. The van der Waals surface area contributed by atoms with Gasteiger partial charge in [0.25, 0.3) is 0 Å². The third-order valence-electron chi connectivity index (χ3n) is 3.19. The lowest BCUT2D eigenvalue weighted by Gasteiger charge is -2.16. The molecule has 2 aromatic carbocycles. The molecule has 2 aromatic rings. The van der Waals surface area contributed by atoms with Gasteiger partial charge in [0.15, 0.2) is 0 Å². The fourth-order valence-electron chi connectivity index (χ4n) is 1.89. The molecule has 0 fully saturated rings. The Kier molecular flexibility index (Phi) is 4.02. The maximum Gasteiger partial charge on any atom is 0.124 e. The molecule has 3 heteroatoms. The van der Waals surface area contributed by atoms with E-state index in [0.717, 1.165) is 14.7 Å². The minimum Gasteiger partial charge on any atom is -0.320 e. The lowest BCUT2D eigenvalue weighted by atomic mass is 9.96. The zero-order valence-corrected chi connectivity index (χ0v) is 12.5. The number of aryl methyl sites for hydroxylation is 2. The molecular formula is C15H15FIN. The molecule has 18 heavy (non-hydrogen) atoms. The normalized spacial score (nSPS) is 12.5. The summed E-state index contributed by atoms with van der Waals surface area (Å²) in [6, 6.07) is 10.7. The predicted octanol–water partition coefficient (Wildman–Crippen LogP) is 4.10. The highest BCUT2D eigenvalue weighted by Crippen LogP contribution is 2.26. The Labute approximate surface area is 120 Å². The van der Waals surface area contributed by atoms with E-state index in [1.54, 1.807) is 6.07 Å². The van der Waals surface area contributed by atoms with Crippen molar-refractivity contribution in [2.45, 2.75) is 19.9 Å². The van der Waals surface area contributed by atoms with E-state index in [1.807, 2.05) is 6.07 Å². The van der Waals surface area contributed by atoms with Crippen LogP contribution in [0.3, 0.4) is 0 Å². The summed E-state index contributed by atoms with van der Waals surface area (Å²) < 4.78 is 13.9. The number of hydrogen-bond acceptors (Lipinski definition) is 1. The summed E-state index contributed by atoms with van der Waals surface area (Å²) in [6.45, 7) is 4.15. The van der Waals surface area contributed by atoms with Gasteiger partial charge < -0.3 is 5.73 Å². The number of halogens is 2. The smallest absolute Gasteiger partial charge is 0.124 e. The molecule has 94 valence electrons. The van der Waals surface area contributed by atoms with Crippen LogP contribution in [-0.4, -0.2) is 0 Å². The van der Waals surface area contributed by atoms with Crippen LogP contribution in [-0.2, 0) is 0 Å². The molecule has 0 amide bonds. The van der Waals surface area contributed by atoms with Gasteiger partial charge in [-0.05, 0) is 70.8 Å². The molecular weight excluding hydrogens is 340 g/mol. The standard InChI is InChI=1S/C15H15FIN/c1-9-3-4-11(7-10(9)2)15(18)13-6-5-12(16)8-14(13)17/h3-8,15H,18H2,1-2H3. The van der Waals surface area contributed by atoms with Crippen LogP contribution in [0, 0.1) is 23.2 Å². The van der Waals surface area contributed by atoms with Crippen molar-refractivity contribution in [1.29, 1.82) is 0 Å². The van der Waals surface area contributed by atoms with Crippen LogP contribution < -0.4 is 5.73 Å². The molecule has 0 radical (unpaired) electrons. The zero-order chi connectivity index (χ0) is 13.3. The highest BCUT2D eigenvalue weighted by atomic mass is 127. The molecule has 0 aliphatic carbocycles. The first-order valence-corrected chi connectivity index (χ1v) is 6.84. The van der Waals surface area contributed by atoms with Gasteiger partial charge in [-0.3, -0.25) is 0 Å². The van der Waals surface area contributed by atoms with Gasteiger partial charge in [-0.1, -0.05) is 24.3 Å².